The first kappa shape index (κ1) is 24.0. The maximum atomic E-state index is 12.8. The van der Waals surface area contributed by atoms with Crippen molar-refractivity contribution in [3.63, 3.8) is 0 Å². The smallest absolute Gasteiger partial charge is 0.344 e. The van der Waals surface area contributed by atoms with Crippen LogP contribution < -0.4 is 14.9 Å². The number of phenols is 2. The van der Waals surface area contributed by atoms with Crippen molar-refractivity contribution in [3.05, 3.63) is 46.1 Å². The van der Waals surface area contributed by atoms with Crippen molar-refractivity contribution >= 4 is 16.9 Å². The molecule has 0 aliphatic rings. The van der Waals surface area contributed by atoms with Gasteiger partial charge in [0.05, 0.1) is 13.7 Å². The number of benzene rings is 2. The number of ether oxygens (including phenoxy) is 3. The second-order valence-electron chi connectivity index (χ2n) is 8.00. The molecule has 0 unspecified atom stereocenters. The number of hydrogen-bond acceptors (Lipinski definition) is 8. The Kier molecular flexibility index (Phi) is 7.48. The molecule has 0 fully saturated rings. The highest BCUT2D eigenvalue weighted by Gasteiger charge is 2.18. The Morgan fingerprint density at radius 3 is 2.52 bits per heavy atom. The van der Waals surface area contributed by atoms with Crippen LogP contribution in [0.2, 0.25) is 0 Å². The minimum atomic E-state index is -0.559. The molecule has 2 aromatic carbocycles. The fourth-order valence-electron chi connectivity index (χ4n) is 3.46. The number of esters is 1. The van der Waals surface area contributed by atoms with Gasteiger partial charge in [-0.3, -0.25) is 4.79 Å². The first-order chi connectivity index (χ1) is 15.7. The maximum Gasteiger partial charge on any atom is 0.344 e. The van der Waals surface area contributed by atoms with Crippen LogP contribution in [0.15, 0.2) is 39.5 Å². The molecular weight excluding hydrogens is 428 g/mol. The molecular formula is C25H28O8. The third-order valence-electron chi connectivity index (χ3n) is 5.11. The fourth-order valence-corrected chi connectivity index (χ4v) is 3.46. The zero-order valence-electron chi connectivity index (χ0n) is 19.1. The molecule has 0 radical (unpaired) electrons. The average Bonchev–Trinajstić information content (AvgIpc) is 2.76. The van der Waals surface area contributed by atoms with Gasteiger partial charge in [-0.1, -0.05) is 13.8 Å². The summed E-state index contributed by atoms with van der Waals surface area (Å²) < 4.78 is 21.4. The van der Waals surface area contributed by atoms with Crippen molar-refractivity contribution in [2.24, 2.45) is 5.92 Å². The number of aryl methyl sites for hydroxylation is 1. The number of methoxy groups -OCH3 is 1. The van der Waals surface area contributed by atoms with E-state index in [-0.39, 0.29) is 47.2 Å². The third kappa shape index (κ3) is 5.58. The molecule has 0 amide bonds. The molecule has 0 aliphatic carbocycles. The summed E-state index contributed by atoms with van der Waals surface area (Å²) in [5.74, 6) is 0.167. The average molecular weight is 456 g/mol. The lowest BCUT2D eigenvalue weighted by Gasteiger charge is -2.14. The predicted octanol–water partition coefficient (Wildman–Crippen LogP) is 4.41. The van der Waals surface area contributed by atoms with Crippen LogP contribution in [0.1, 0.15) is 32.8 Å². The minimum Gasteiger partial charge on any atom is -0.507 e. The highest BCUT2D eigenvalue weighted by Crippen LogP contribution is 2.37. The van der Waals surface area contributed by atoms with Crippen LogP contribution in [0.5, 0.6) is 23.0 Å². The van der Waals surface area contributed by atoms with E-state index < -0.39 is 11.4 Å². The summed E-state index contributed by atoms with van der Waals surface area (Å²) in [4.78, 5) is 24.4. The molecule has 0 spiro atoms. The Balaban J connectivity index is 2.09. The molecule has 176 valence electrons. The second kappa shape index (κ2) is 10.3. The Labute approximate surface area is 191 Å². The molecule has 0 atom stereocenters. The van der Waals surface area contributed by atoms with E-state index in [1.807, 2.05) is 0 Å². The number of carbonyl (C=O) groups is 1. The van der Waals surface area contributed by atoms with Gasteiger partial charge in [-0.25, -0.2) is 4.79 Å². The molecule has 0 bridgehead atoms. The largest absolute Gasteiger partial charge is 0.507 e. The summed E-state index contributed by atoms with van der Waals surface area (Å²) in [6.45, 7) is 5.76. The van der Waals surface area contributed by atoms with Gasteiger partial charge in [0, 0.05) is 23.8 Å². The first-order valence-corrected chi connectivity index (χ1v) is 10.7. The Morgan fingerprint density at radius 1 is 1.09 bits per heavy atom. The number of rotatable bonds is 9. The fraction of sp³-hybridized carbons (Fsp3) is 0.360. The Hall–Kier alpha value is -3.68. The molecule has 8 heteroatoms. The molecule has 2 N–H and O–H groups in total. The van der Waals surface area contributed by atoms with Crippen LogP contribution in [0.4, 0.5) is 0 Å². The first-order valence-electron chi connectivity index (χ1n) is 10.7. The second-order valence-corrected chi connectivity index (χ2v) is 8.00. The lowest BCUT2D eigenvalue weighted by molar-refractivity contribution is -0.145. The SMILES string of the molecule is CCOC(=O)COc1cc(O)c2c(=O)cc(-c3cc(O)c(OC)cc3CCC(C)C)oc2c1. The zero-order valence-corrected chi connectivity index (χ0v) is 19.1. The standard InChI is InChI=1S/C25H28O8/c1-5-31-24(29)13-32-16-9-19(27)25-20(28)12-21(33-23(25)10-16)17-11-18(26)22(30-4)8-15(17)7-6-14(2)3/h8-12,14,26-27H,5-7,13H2,1-4H3. The normalized spacial score (nSPS) is 11.1. The summed E-state index contributed by atoms with van der Waals surface area (Å²) >= 11 is 0. The number of phenolic OH excluding ortho intramolecular Hbond substituents is 2. The molecule has 33 heavy (non-hydrogen) atoms. The van der Waals surface area contributed by atoms with Crippen molar-refractivity contribution in [2.75, 3.05) is 20.3 Å². The zero-order chi connectivity index (χ0) is 24.1. The topological polar surface area (TPSA) is 115 Å². The van der Waals surface area contributed by atoms with Crippen molar-refractivity contribution in [1.29, 1.82) is 0 Å². The molecule has 3 rings (SSSR count). The van der Waals surface area contributed by atoms with Crippen LogP contribution in [-0.4, -0.2) is 36.5 Å². The maximum absolute atomic E-state index is 12.8. The molecule has 1 heterocycles. The van der Waals surface area contributed by atoms with E-state index in [9.17, 15) is 19.8 Å². The Morgan fingerprint density at radius 2 is 1.85 bits per heavy atom. The molecule has 0 aliphatic heterocycles. The van der Waals surface area contributed by atoms with Gasteiger partial charge in [0.15, 0.2) is 23.5 Å². The molecule has 1 aromatic heterocycles. The van der Waals surface area contributed by atoms with E-state index in [0.717, 1.165) is 12.0 Å². The minimum absolute atomic E-state index is 0.0105. The lowest BCUT2D eigenvalue weighted by atomic mass is 9.96. The number of hydrogen-bond donors (Lipinski definition) is 2. The predicted molar refractivity (Wildman–Crippen MR) is 123 cm³/mol. The summed E-state index contributed by atoms with van der Waals surface area (Å²) in [5, 5.41) is 20.7. The number of aromatic hydroxyl groups is 2. The number of carbonyl (C=O) groups excluding carboxylic acids is 1. The van der Waals surface area contributed by atoms with Crippen LogP contribution in [0.3, 0.4) is 0 Å². The highest BCUT2D eigenvalue weighted by atomic mass is 16.6. The van der Waals surface area contributed by atoms with Crippen LogP contribution in [0, 0.1) is 5.92 Å². The van der Waals surface area contributed by atoms with Gasteiger partial charge in [0.2, 0.25) is 0 Å². The summed E-state index contributed by atoms with van der Waals surface area (Å²) in [6.07, 6.45) is 1.56. The van der Waals surface area contributed by atoms with Crippen molar-refractivity contribution in [2.45, 2.75) is 33.6 Å². The monoisotopic (exact) mass is 456 g/mol. The van der Waals surface area contributed by atoms with E-state index in [0.29, 0.717) is 23.7 Å². The van der Waals surface area contributed by atoms with Gasteiger partial charge >= 0.3 is 5.97 Å². The summed E-state index contributed by atoms with van der Waals surface area (Å²) in [5.41, 5.74) is 1.03. The quantitative estimate of drug-likeness (QED) is 0.455. The Bertz CT molecular complexity index is 1210. The summed E-state index contributed by atoms with van der Waals surface area (Å²) in [7, 11) is 1.47. The van der Waals surface area contributed by atoms with Crippen molar-refractivity contribution in [3.8, 4) is 34.3 Å². The van der Waals surface area contributed by atoms with Gasteiger partial charge in [-0.05, 0) is 43.4 Å². The van der Waals surface area contributed by atoms with Gasteiger partial charge in [0.1, 0.15) is 28.2 Å². The third-order valence-corrected chi connectivity index (χ3v) is 5.11. The molecule has 8 nitrogen and oxygen atoms in total. The van der Waals surface area contributed by atoms with Crippen molar-refractivity contribution < 1.29 is 33.6 Å². The van der Waals surface area contributed by atoms with E-state index in [4.69, 9.17) is 18.6 Å². The van der Waals surface area contributed by atoms with Gasteiger partial charge in [-0.15, -0.1) is 0 Å². The highest BCUT2D eigenvalue weighted by molar-refractivity contribution is 5.86. The van der Waals surface area contributed by atoms with Crippen LogP contribution in [0.25, 0.3) is 22.3 Å². The van der Waals surface area contributed by atoms with E-state index in [2.05, 4.69) is 13.8 Å². The van der Waals surface area contributed by atoms with Crippen LogP contribution in [-0.2, 0) is 16.0 Å². The van der Waals surface area contributed by atoms with E-state index in [1.54, 1.807) is 13.0 Å². The van der Waals surface area contributed by atoms with Crippen molar-refractivity contribution in [1.82, 2.24) is 0 Å². The molecule has 0 saturated heterocycles. The van der Waals surface area contributed by atoms with E-state index >= 15 is 0 Å². The number of fused-ring (bicyclic) bond motifs is 1. The van der Waals surface area contributed by atoms with Crippen LogP contribution >= 0.6 is 0 Å². The molecule has 0 saturated carbocycles. The van der Waals surface area contributed by atoms with Gasteiger partial charge in [-0.2, -0.15) is 0 Å². The van der Waals surface area contributed by atoms with Gasteiger partial charge < -0.3 is 28.8 Å². The van der Waals surface area contributed by atoms with E-state index in [1.165, 1.54) is 31.4 Å². The molecule has 3 aromatic rings. The summed E-state index contributed by atoms with van der Waals surface area (Å²) in [6, 6.07) is 7.18. The van der Waals surface area contributed by atoms with Gasteiger partial charge in [0.25, 0.3) is 0 Å². The lowest BCUT2D eigenvalue weighted by Crippen LogP contribution is -2.14.